The molecule has 0 fully saturated rings. The Kier molecular flexibility index (Phi) is 7.66. The molecular weight excluding hydrogens is 334 g/mol. The second-order valence-electron chi connectivity index (χ2n) is 6.50. The normalized spacial score (nSPS) is 14.8. The van der Waals surface area contributed by atoms with Crippen LogP contribution in [0.3, 0.4) is 0 Å². The van der Waals surface area contributed by atoms with Gasteiger partial charge in [-0.15, -0.1) is 0 Å². The molecule has 3 N–H and O–H groups in total. The number of aliphatic hydroxyl groups is 2. The maximum atomic E-state index is 9.86. The molecule has 21 heavy (non-hydrogen) atoms. The molecular formula is C16H26BrNO3. The molecule has 0 bridgehead atoms. The summed E-state index contributed by atoms with van der Waals surface area (Å²) in [6, 6.07) is 7.50. The van der Waals surface area contributed by atoms with Crippen molar-refractivity contribution >= 4 is 15.9 Å². The van der Waals surface area contributed by atoms with Crippen LogP contribution in [0.15, 0.2) is 28.7 Å². The van der Waals surface area contributed by atoms with Crippen LogP contribution in [0.1, 0.15) is 27.2 Å². The van der Waals surface area contributed by atoms with E-state index < -0.39 is 12.2 Å². The van der Waals surface area contributed by atoms with Gasteiger partial charge in [-0.05, 0) is 30.0 Å². The molecule has 4 nitrogen and oxygen atoms in total. The van der Waals surface area contributed by atoms with Gasteiger partial charge in [0.25, 0.3) is 0 Å². The van der Waals surface area contributed by atoms with Gasteiger partial charge in [0.15, 0.2) is 0 Å². The van der Waals surface area contributed by atoms with E-state index in [1.807, 2.05) is 24.3 Å². The van der Waals surface area contributed by atoms with Crippen LogP contribution in [0.5, 0.6) is 5.75 Å². The lowest BCUT2D eigenvalue weighted by Crippen LogP contribution is -2.37. The smallest absolute Gasteiger partial charge is 0.120 e. The zero-order chi connectivity index (χ0) is 15.9. The van der Waals surface area contributed by atoms with E-state index in [-0.39, 0.29) is 12.0 Å². The first-order chi connectivity index (χ1) is 9.76. The minimum absolute atomic E-state index is 0.101. The van der Waals surface area contributed by atoms with Gasteiger partial charge in [0.2, 0.25) is 0 Å². The molecule has 0 aromatic heterocycles. The van der Waals surface area contributed by atoms with Crippen LogP contribution in [0, 0.1) is 5.41 Å². The van der Waals surface area contributed by atoms with E-state index in [0.29, 0.717) is 13.1 Å². The molecule has 0 saturated carbocycles. The quantitative estimate of drug-likeness (QED) is 0.667. The van der Waals surface area contributed by atoms with Gasteiger partial charge in [0, 0.05) is 17.6 Å². The van der Waals surface area contributed by atoms with Gasteiger partial charge in [-0.3, -0.25) is 0 Å². The highest BCUT2D eigenvalue weighted by atomic mass is 79.9. The van der Waals surface area contributed by atoms with Crippen molar-refractivity contribution < 1.29 is 14.9 Å². The SMILES string of the molecule is CC(C)(C)CC(O)CNCC(O)COc1cccc(Br)c1. The third-order valence-electron chi connectivity index (χ3n) is 2.85. The van der Waals surface area contributed by atoms with E-state index in [1.54, 1.807) is 0 Å². The number of halogens is 1. The predicted molar refractivity (Wildman–Crippen MR) is 88.6 cm³/mol. The van der Waals surface area contributed by atoms with E-state index >= 15 is 0 Å². The minimum atomic E-state index is -0.606. The lowest BCUT2D eigenvalue weighted by molar-refractivity contribution is 0.0907. The number of aliphatic hydroxyl groups excluding tert-OH is 2. The molecule has 0 saturated heterocycles. The summed E-state index contributed by atoms with van der Waals surface area (Å²) in [4.78, 5) is 0. The van der Waals surface area contributed by atoms with Crippen molar-refractivity contribution in [2.75, 3.05) is 19.7 Å². The third-order valence-corrected chi connectivity index (χ3v) is 3.34. The maximum Gasteiger partial charge on any atom is 0.120 e. The molecule has 1 rings (SSSR count). The van der Waals surface area contributed by atoms with Crippen LogP contribution in [0.4, 0.5) is 0 Å². The van der Waals surface area contributed by atoms with Crippen molar-refractivity contribution in [3.63, 3.8) is 0 Å². The summed E-state index contributed by atoms with van der Waals surface area (Å²) in [5.41, 5.74) is 0.101. The van der Waals surface area contributed by atoms with Crippen molar-refractivity contribution in [1.29, 1.82) is 0 Å². The van der Waals surface area contributed by atoms with Crippen LogP contribution in [0.2, 0.25) is 0 Å². The van der Waals surface area contributed by atoms with E-state index in [0.717, 1.165) is 16.6 Å². The average molecular weight is 360 g/mol. The fourth-order valence-corrected chi connectivity index (χ4v) is 2.38. The van der Waals surface area contributed by atoms with Gasteiger partial charge in [-0.25, -0.2) is 0 Å². The fourth-order valence-electron chi connectivity index (χ4n) is 2.00. The van der Waals surface area contributed by atoms with E-state index in [1.165, 1.54) is 0 Å². The summed E-state index contributed by atoms with van der Waals surface area (Å²) in [7, 11) is 0. The predicted octanol–water partition coefficient (Wildman–Crippen LogP) is 2.58. The fraction of sp³-hybridized carbons (Fsp3) is 0.625. The number of rotatable bonds is 8. The van der Waals surface area contributed by atoms with Gasteiger partial charge in [0.1, 0.15) is 18.5 Å². The third kappa shape index (κ3) is 9.09. The summed E-state index contributed by atoms with van der Waals surface area (Å²) in [5.74, 6) is 0.719. The number of benzene rings is 1. The molecule has 0 radical (unpaired) electrons. The van der Waals surface area contributed by atoms with Crippen LogP contribution in [0.25, 0.3) is 0 Å². The number of hydrogen-bond acceptors (Lipinski definition) is 4. The van der Waals surface area contributed by atoms with Gasteiger partial charge >= 0.3 is 0 Å². The number of ether oxygens (including phenoxy) is 1. The van der Waals surface area contributed by atoms with Gasteiger partial charge in [-0.1, -0.05) is 42.8 Å². The Morgan fingerprint density at radius 2 is 1.86 bits per heavy atom. The molecule has 5 heteroatoms. The first-order valence-corrected chi connectivity index (χ1v) is 8.01. The first-order valence-electron chi connectivity index (χ1n) is 7.21. The standard InChI is InChI=1S/C16H26BrNO3/c1-16(2,3)8-13(19)9-18-10-14(20)11-21-15-6-4-5-12(17)7-15/h4-7,13-14,18-20H,8-11H2,1-3H3. The molecule has 0 spiro atoms. The van der Waals surface area contributed by atoms with Crippen molar-refractivity contribution in [2.24, 2.45) is 5.41 Å². The Labute approximate surface area is 135 Å². The van der Waals surface area contributed by atoms with Gasteiger partial charge in [-0.2, -0.15) is 0 Å². The second-order valence-corrected chi connectivity index (χ2v) is 7.41. The van der Waals surface area contributed by atoms with E-state index in [2.05, 4.69) is 42.0 Å². The average Bonchev–Trinajstić information content (AvgIpc) is 2.34. The topological polar surface area (TPSA) is 61.7 Å². The Balaban J connectivity index is 2.18. The molecule has 0 amide bonds. The van der Waals surface area contributed by atoms with E-state index in [4.69, 9.17) is 4.74 Å². The Bertz CT molecular complexity index is 420. The first kappa shape index (κ1) is 18.4. The van der Waals surface area contributed by atoms with Crippen LogP contribution in [-0.2, 0) is 0 Å². The number of hydrogen-bond donors (Lipinski definition) is 3. The molecule has 0 aliphatic rings. The summed E-state index contributed by atoms with van der Waals surface area (Å²) < 4.78 is 6.45. The molecule has 0 heterocycles. The zero-order valence-corrected chi connectivity index (χ0v) is 14.6. The summed E-state index contributed by atoms with van der Waals surface area (Å²) in [6.07, 6.45) is -0.279. The Morgan fingerprint density at radius 1 is 1.19 bits per heavy atom. The second kappa shape index (κ2) is 8.73. The molecule has 2 unspecified atom stereocenters. The van der Waals surface area contributed by atoms with E-state index in [9.17, 15) is 10.2 Å². The molecule has 0 aliphatic carbocycles. The van der Waals surface area contributed by atoms with Crippen LogP contribution < -0.4 is 10.1 Å². The van der Waals surface area contributed by atoms with Gasteiger partial charge in [0.05, 0.1) is 6.10 Å². The molecule has 1 aromatic carbocycles. The molecule has 120 valence electrons. The highest BCUT2D eigenvalue weighted by molar-refractivity contribution is 9.10. The van der Waals surface area contributed by atoms with Crippen LogP contribution >= 0.6 is 15.9 Å². The summed E-state index contributed by atoms with van der Waals surface area (Å²) >= 11 is 3.37. The van der Waals surface area contributed by atoms with Crippen molar-refractivity contribution in [3.05, 3.63) is 28.7 Å². The van der Waals surface area contributed by atoms with Crippen molar-refractivity contribution in [1.82, 2.24) is 5.32 Å². The highest BCUT2D eigenvalue weighted by Crippen LogP contribution is 2.20. The Hall–Kier alpha value is -0.620. The van der Waals surface area contributed by atoms with Gasteiger partial charge < -0.3 is 20.3 Å². The lowest BCUT2D eigenvalue weighted by Gasteiger charge is -2.23. The molecule has 2 atom stereocenters. The van der Waals surface area contributed by atoms with Crippen molar-refractivity contribution in [3.8, 4) is 5.75 Å². The maximum absolute atomic E-state index is 9.86. The molecule has 0 aliphatic heterocycles. The van der Waals surface area contributed by atoms with Crippen molar-refractivity contribution in [2.45, 2.75) is 39.4 Å². The zero-order valence-electron chi connectivity index (χ0n) is 13.0. The largest absolute Gasteiger partial charge is 0.491 e. The summed E-state index contributed by atoms with van der Waals surface area (Å²) in [5, 5.41) is 22.8. The summed E-state index contributed by atoms with van der Waals surface area (Å²) in [6.45, 7) is 7.38. The lowest BCUT2D eigenvalue weighted by atomic mass is 9.89. The minimum Gasteiger partial charge on any atom is -0.491 e. The molecule has 1 aromatic rings. The highest BCUT2D eigenvalue weighted by Gasteiger charge is 2.16. The monoisotopic (exact) mass is 359 g/mol. The Morgan fingerprint density at radius 3 is 2.48 bits per heavy atom. The number of nitrogens with one attached hydrogen (secondary N) is 1. The van der Waals surface area contributed by atoms with Crippen LogP contribution in [-0.4, -0.2) is 42.1 Å².